The molecule has 3 heterocycles. The molecule has 0 radical (unpaired) electrons. The molecule has 29 heavy (non-hydrogen) atoms. The van der Waals surface area contributed by atoms with E-state index in [0.29, 0.717) is 17.8 Å². The summed E-state index contributed by atoms with van der Waals surface area (Å²) < 4.78 is 11.0. The molecular formula is C22H26N2O4S. The highest BCUT2D eigenvalue weighted by molar-refractivity contribution is 7.99. The van der Waals surface area contributed by atoms with Crippen LogP contribution in [0.3, 0.4) is 0 Å². The van der Waals surface area contributed by atoms with Crippen LogP contribution in [0.5, 0.6) is 0 Å². The number of furan rings is 1. The first-order chi connectivity index (χ1) is 14.1. The van der Waals surface area contributed by atoms with Gasteiger partial charge in [0.05, 0.1) is 12.4 Å². The zero-order chi connectivity index (χ0) is 20.2. The molecule has 0 bridgehead atoms. The Bertz CT molecular complexity index is 856. The summed E-state index contributed by atoms with van der Waals surface area (Å²) in [4.78, 5) is 27.8. The van der Waals surface area contributed by atoms with Gasteiger partial charge in [0.2, 0.25) is 0 Å². The molecule has 2 amide bonds. The van der Waals surface area contributed by atoms with E-state index in [1.54, 1.807) is 18.2 Å². The van der Waals surface area contributed by atoms with Crippen molar-refractivity contribution >= 4 is 29.3 Å². The molecule has 2 saturated heterocycles. The Morgan fingerprint density at radius 2 is 2.17 bits per heavy atom. The predicted molar refractivity (Wildman–Crippen MR) is 114 cm³/mol. The van der Waals surface area contributed by atoms with E-state index in [9.17, 15) is 9.59 Å². The van der Waals surface area contributed by atoms with Crippen LogP contribution >= 0.6 is 11.8 Å². The Balaban J connectivity index is 1.54. The molecule has 2 aromatic rings. The number of amides is 2. The van der Waals surface area contributed by atoms with Crippen molar-refractivity contribution in [3.05, 3.63) is 53.5 Å². The third kappa shape index (κ3) is 4.67. The average molecular weight is 415 g/mol. The standard InChI is InChI=1S/C22H26N2O4S/c1-15-6-7-16(12-19(15)23-21(25)20-5-3-10-28-20)22(26)24(17-8-11-29-14-17)13-18-4-2-9-27-18/h3,5-7,10,12,17-18H,2,4,8-9,11,13-14H2,1H3,(H,23,25)/t17-,18+/m1/s1. The summed E-state index contributed by atoms with van der Waals surface area (Å²) in [5.74, 6) is 1.96. The van der Waals surface area contributed by atoms with Gasteiger partial charge in [-0.2, -0.15) is 11.8 Å². The number of aryl methyl sites for hydroxylation is 1. The van der Waals surface area contributed by atoms with Gasteiger partial charge in [0.25, 0.3) is 11.8 Å². The van der Waals surface area contributed by atoms with Crippen LogP contribution in [0.25, 0.3) is 0 Å². The van der Waals surface area contributed by atoms with Gasteiger partial charge in [-0.25, -0.2) is 0 Å². The molecule has 1 N–H and O–H groups in total. The van der Waals surface area contributed by atoms with Crippen LogP contribution in [0.2, 0.25) is 0 Å². The highest BCUT2D eigenvalue weighted by Crippen LogP contribution is 2.27. The molecule has 2 fully saturated rings. The maximum atomic E-state index is 13.4. The van der Waals surface area contributed by atoms with Gasteiger partial charge in [0.15, 0.2) is 5.76 Å². The largest absolute Gasteiger partial charge is 0.459 e. The normalized spacial score (nSPS) is 21.3. The van der Waals surface area contributed by atoms with E-state index in [1.807, 2.05) is 35.7 Å². The summed E-state index contributed by atoms with van der Waals surface area (Å²) in [5.41, 5.74) is 2.10. The lowest BCUT2D eigenvalue weighted by Crippen LogP contribution is -2.44. The molecule has 0 spiro atoms. The van der Waals surface area contributed by atoms with E-state index in [1.165, 1.54) is 6.26 Å². The number of anilines is 1. The van der Waals surface area contributed by atoms with E-state index in [0.717, 1.165) is 42.9 Å². The topological polar surface area (TPSA) is 71.8 Å². The smallest absolute Gasteiger partial charge is 0.291 e. The van der Waals surface area contributed by atoms with Crippen LogP contribution in [0.15, 0.2) is 41.0 Å². The number of benzene rings is 1. The van der Waals surface area contributed by atoms with E-state index in [-0.39, 0.29) is 29.7 Å². The van der Waals surface area contributed by atoms with E-state index >= 15 is 0 Å². The number of carbonyl (C=O) groups excluding carboxylic acids is 2. The van der Waals surface area contributed by atoms with Gasteiger partial charge < -0.3 is 19.4 Å². The van der Waals surface area contributed by atoms with Crippen molar-refractivity contribution in [3.8, 4) is 0 Å². The van der Waals surface area contributed by atoms with Crippen LogP contribution in [0.1, 0.15) is 45.7 Å². The molecule has 154 valence electrons. The van der Waals surface area contributed by atoms with Gasteiger partial charge in [0.1, 0.15) is 0 Å². The first kappa shape index (κ1) is 20.0. The summed E-state index contributed by atoms with van der Waals surface area (Å²) in [6.45, 7) is 3.31. The van der Waals surface area contributed by atoms with Crippen molar-refractivity contribution in [1.82, 2.24) is 4.90 Å². The Morgan fingerprint density at radius 3 is 2.86 bits per heavy atom. The minimum Gasteiger partial charge on any atom is -0.459 e. The highest BCUT2D eigenvalue weighted by Gasteiger charge is 2.31. The van der Waals surface area contributed by atoms with Gasteiger partial charge in [0, 0.05) is 36.2 Å². The maximum Gasteiger partial charge on any atom is 0.291 e. The van der Waals surface area contributed by atoms with Crippen molar-refractivity contribution in [2.24, 2.45) is 0 Å². The molecule has 0 unspecified atom stereocenters. The quantitative estimate of drug-likeness (QED) is 0.774. The number of ether oxygens (including phenoxy) is 1. The lowest BCUT2D eigenvalue weighted by Gasteiger charge is -2.31. The second-order valence-corrected chi connectivity index (χ2v) is 8.72. The Kier molecular flexibility index (Phi) is 6.25. The van der Waals surface area contributed by atoms with E-state index in [4.69, 9.17) is 9.15 Å². The first-order valence-corrected chi connectivity index (χ1v) is 11.2. The fourth-order valence-corrected chi connectivity index (χ4v) is 5.04. The number of rotatable bonds is 6. The second-order valence-electron chi connectivity index (χ2n) is 7.57. The number of hydrogen-bond donors (Lipinski definition) is 1. The Morgan fingerprint density at radius 1 is 1.28 bits per heavy atom. The van der Waals surface area contributed by atoms with Crippen molar-refractivity contribution in [2.75, 3.05) is 30.0 Å². The maximum absolute atomic E-state index is 13.4. The minimum atomic E-state index is -0.328. The van der Waals surface area contributed by atoms with Gasteiger partial charge in [-0.15, -0.1) is 0 Å². The molecule has 7 heteroatoms. The van der Waals surface area contributed by atoms with Crippen molar-refractivity contribution < 1.29 is 18.7 Å². The molecule has 1 aromatic heterocycles. The van der Waals surface area contributed by atoms with Crippen molar-refractivity contribution in [1.29, 1.82) is 0 Å². The van der Waals surface area contributed by atoms with Crippen molar-refractivity contribution in [3.63, 3.8) is 0 Å². The molecule has 6 nitrogen and oxygen atoms in total. The summed E-state index contributed by atoms with van der Waals surface area (Å²) in [7, 11) is 0. The molecule has 2 aliphatic rings. The van der Waals surface area contributed by atoms with Crippen LogP contribution < -0.4 is 5.32 Å². The molecule has 1 aromatic carbocycles. The molecule has 2 atom stereocenters. The molecule has 0 saturated carbocycles. The molecule has 4 rings (SSSR count). The van der Waals surface area contributed by atoms with Crippen molar-refractivity contribution in [2.45, 2.75) is 38.3 Å². The fraction of sp³-hybridized carbons (Fsp3) is 0.455. The number of carbonyl (C=O) groups is 2. The summed E-state index contributed by atoms with van der Waals surface area (Å²) in [6.07, 6.45) is 4.65. The molecular weight excluding hydrogens is 388 g/mol. The van der Waals surface area contributed by atoms with Crippen LogP contribution in [-0.4, -0.2) is 53.5 Å². The van der Waals surface area contributed by atoms with E-state index in [2.05, 4.69) is 5.32 Å². The summed E-state index contributed by atoms with van der Waals surface area (Å²) in [6, 6.07) is 9.00. The van der Waals surface area contributed by atoms with Gasteiger partial charge in [-0.1, -0.05) is 6.07 Å². The zero-order valence-electron chi connectivity index (χ0n) is 16.6. The summed E-state index contributed by atoms with van der Waals surface area (Å²) >= 11 is 1.89. The fourth-order valence-electron chi connectivity index (χ4n) is 3.82. The average Bonchev–Trinajstić information content (AvgIpc) is 3.50. The minimum absolute atomic E-state index is 0.00139. The third-order valence-electron chi connectivity index (χ3n) is 5.51. The first-order valence-electron chi connectivity index (χ1n) is 10.1. The van der Waals surface area contributed by atoms with Gasteiger partial charge in [-0.05, 0) is 61.8 Å². The lowest BCUT2D eigenvalue weighted by molar-refractivity contribution is 0.0442. The van der Waals surface area contributed by atoms with Gasteiger partial charge >= 0.3 is 0 Å². The van der Waals surface area contributed by atoms with Crippen LogP contribution in [0.4, 0.5) is 5.69 Å². The number of thioether (sulfide) groups is 1. The Hall–Kier alpha value is -2.25. The van der Waals surface area contributed by atoms with Crippen LogP contribution in [0, 0.1) is 6.92 Å². The molecule has 0 aliphatic carbocycles. The zero-order valence-corrected chi connectivity index (χ0v) is 17.4. The van der Waals surface area contributed by atoms with Crippen LogP contribution in [-0.2, 0) is 4.74 Å². The van der Waals surface area contributed by atoms with E-state index < -0.39 is 0 Å². The second kappa shape index (κ2) is 9.05. The highest BCUT2D eigenvalue weighted by atomic mass is 32.2. The summed E-state index contributed by atoms with van der Waals surface area (Å²) in [5, 5.41) is 2.86. The third-order valence-corrected chi connectivity index (χ3v) is 6.65. The van der Waals surface area contributed by atoms with Gasteiger partial charge in [-0.3, -0.25) is 9.59 Å². The number of nitrogens with zero attached hydrogens (tertiary/aromatic N) is 1. The lowest BCUT2D eigenvalue weighted by atomic mass is 10.1. The molecule has 2 aliphatic heterocycles. The SMILES string of the molecule is Cc1ccc(C(=O)N(C[C@@H]2CCCO2)[C@@H]2CCSC2)cc1NC(=O)c1ccco1. The monoisotopic (exact) mass is 414 g/mol. The predicted octanol–water partition coefficient (Wildman–Crippen LogP) is 3.97. The number of hydrogen-bond acceptors (Lipinski definition) is 5. The Labute approximate surface area is 175 Å². The number of nitrogens with one attached hydrogen (secondary N) is 1.